The van der Waals surface area contributed by atoms with Gasteiger partial charge in [-0.1, -0.05) is 12.1 Å². The van der Waals surface area contributed by atoms with E-state index >= 15 is 0 Å². The normalized spacial score (nSPS) is 20.6. The second-order valence-electron chi connectivity index (χ2n) is 4.24. The second-order valence-corrected chi connectivity index (χ2v) is 4.24. The Kier molecular flexibility index (Phi) is 2.77. The predicted molar refractivity (Wildman–Crippen MR) is 53.5 cm³/mol. The lowest BCUT2D eigenvalue weighted by Gasteiger charge is -2.33. The van der Waals surface area contributed by atoms with Gasteiger partial charge in [-0.05, 0) is 0 Å². The Bertz CT molecular complexity index is 336. The predicted octanol–water partition coefficient (Wildman–Crippen LogP) is -1.44. The maximum absolute atomic E-state index is 9.12. The molecule has 1 aromatic heterocycles. The maximum atomic E-state index is 9.12. The van der Waals surface area contributed by atoms with Crippen molar-refractivity contribution in [3.05, 3.63) is 6.20 Å². The Morgan fingerprint density at radius 1 is 1.60 bits per heavy atom. The molecule has 0 spiro atoms. The van der Waals surface area contributed by atoms with Gasteiger partial charge in [-0.3, -0.25) is 4.68 Å². The van der Waals surface area contributed by atoms with Gasteiger partial charge in [-0.2, -0.15) is 0 Å². The van der Waals surface area contributed by atoms with Crippen LogP contribution in [0.5, 0.6) is 0 Å². The summed E-state index contributed by atoms with van der Waals surface area (Å²) in [6, 6.07) is 0. The van der Waals surface area contributed by atoms with Crippen molar-refractivity contribution in [2.45, 2.75) is 6.92 Å². The van der Waals surface area contributed by atoms with Gasteiger partial charge < -0.3 is 14.4 Å². The third kappa shape index (κ3) is 2.19. The topological polar surface area (TPSA) is 69.4 Å². The zero-order valence-electron chi connectivity index (χ0n) is 8.88. The molecule has 0 atom stereocenters. The van der Waals surface area contributed by atoms with Crippen molar-refractivity contribution in [1.29, 1.82) is 0 Å². The van der Waals surface area contributed by atoms with Crippen LogP contribution in [0.1, 0.15) is 6.92 Å². The summed E-state index contributed by atoms with van der Waals surface area (Å²) < 4.78 is 12.6. The van der Waals surface area contributed by atoms with Crippen molar-refractivity contribution in [3.63, 3.8) is 0 Å². The van der Waals surface area contributed by atoms with Crippen LogP contribution >= 0.6 is 0 Å². The molecule has 0 amide bonds. The molecule has 1 fully saturated rings. The SMILES string of the molecule is Cn1cc(B2OCC(C)(CO)CO2)nn1. The van der Waals surface area contributed by atoms with Gasteiger partial charge in [0.1, 0.15) is 5.59 Å². The largest absolute Gasteiger partial charge is 0.517 e. The van der Waals surface area contributed by atoms with Gasteiger partial charge in [0.25, 0.3) is 0 Å². The molecule has 15 heavy (non-hydrogen) atoms. The van der Waals surface area contributed by atoms with Gasteiger partial charge in [0.05, 0.1) is 6.61 Å². The summed E-state index contributed by atoms with van der Waals surface area (Å²) in [5.74, 6) is 0. The van der Waals surface area contributed by atoms with E-state index < -0.39 is 7.12 Å². The number of aliphatic hydroxyl groups excluding tert-OH is 1. The molecule has 1 aliphatic rings. The third-order valence-electron chi connectivity index (χ3n) is 2.41. The lowest BCUT2D eigenvalue weighted by Crippen LogP contribution is -2.50. The maximum Gasteiger partial charge on any atom is 0.517 e. The van der Waals surface area contributed by atoms with Gasteiger partial charge in [-0.25, -0.2) is 0 Å². The monoisotopic (exact) mass is 211 g/mol. The molecule has 0 radical (unpaired) electrons. The van der Waals surface area contributed by atoms with E-state index in [2.05, 4.69) is 10.3 Å². The highest BCUT2D eigenvalue weighted by atomic mass is 16.6. The lowest BCUT2D eigenvalue weighted by molar-refractivity contribution is -0.0147. The Balaban J connectivity index is 1.99. The molecule has 82 valence electrons. The van der Waals surface area contributed by atoms with Crippen LogP contribution in [0.25, 0.3) is 0 Å². The van der Waals surface area contributed by atoms with E-state index in [0.717, 1.165) is 0 Å². The lowest BCUT2D eigenvalue weighted by atomic mass is 9.80. The van der Waals surface area contributed by atoms with Gasteiger partial charge in [0.15, 0.2) is 0 Å². The highest BCUT2D eigenvalue weighted by Crippen LogP contribution is 2.21. The van der Waals surface area contributed by atoms with E-state index in [1.807, 2.05) is 6.92 Å². The van der Waals surface area contributed by atoms with Crippen molar-refractivity contribution in [3.8, 4) is 0 Å². The average Bonchev–Trinajstić information content (AvgIpc) is 2.66. The first kappa shape index (κ1) is 10.6. The van der Waals surface area contributed by atoms with Crippen LogP contribution in [0, 0.1) is 5.41 Å². The molecule has 2 rings (SSSR count). The van der Waals surface area contributed by atoms with E-state index in [9.17, 15) is 0 Å². The Hall–Kier alpha value is -0.915. The number of hydrogen-bond donors (Lipinski definition) is 1. The standard InChI is InChI=1S/C8H14BN3O3/c1-8(4-13)5-14-9(15-6-8)7-3-12(2)11-10-7/h3,13H,4-6H2,1-2H3. The summed E-state index contributed by atoms with van der Waals surface area (Å²) in [5.41, 5.74) is 0.358. The van der Waals surface area contributed by atoms with Crippen LogP contribution in [0.3, 0.4) is 0 Å². The molecule has 6 nitrogen and oxygen atoms in total. The van der Waals surface area contributed by atoms with Crippen molar-refractivity contribution >= 4 is 12.7 Å². The number of nitrogens with zero attached hydrogens (tertiary/aromatic N) is 3. The average molecular weight is 211 g/mol. The molecule has 1 N–H and O–H groups in total. The summed E-state index contributed by atoms with van der Waals surface area (Å²) in [7, 11) is 1.33. The molecular formula is C8H14BN3O3. The summed E-state index contributed by atoms with van der Waals surface area (Å²) in [6.07, 6.45) is 1.76. The molecule has 7 heteroatoms. The third-order valence-corrected chi connectivity index (χ3v) is 2.41. The Morgan fingerprint density at radius 3 is 2.73 bits per heavy atom. The number of aromatic nitrogens is 3. The first-order valence-corrected chi connectivity index (χ1v) is 4.83. The number of aliphatic hydroxyl groups is 1. The molecule has 2 heterocycles. The molecule has 0 aromatic carbocycles. The van der Waals surface area contributed by atoms with Crippen LogP contribution in [0.2, 0.25) is 0 Å². The number of hydrogen-bond acceptors (Lipinski definition) is 5. The smallest absolute Gasteiger partial charge is 0.405 e. The molecule has 0 saturated carbocycles. The molecule has 1 aliphatic heterocycles. The van der Waals surface area contributed by atoms with Crippen LogP contribution in [-0.4, -0.2) is 47.0 Å². The number of aryl methyl sites for hydroxylation is 1. The van der Waals surface area contributed by atoms with E-state index in [1.54, 1.807) is 17.9 Å². The van der Waals surface area contributed by atoms with Crippen molar-refractivity contribution in [2.75, 3.05) is 19.8 Å². The van der Waals surface area contributed by atoms with Crippen LogP contribution in [-0.2, 0) is 16.4 Å². The van der Waals surface area contributed by atoms with Gasteiger partial charge in [-0.15, -0.1) is 5.10 Å². The zero-order chi connectivity index (χ0) is 10.9. The summed E-state index contributed by atoms with van der Waals surface area (Å²) in [4.78, 5) is 0. The first-order chi connectivity index (χ1) is 7.13. The molecule has 0 aliphatic carbocycles. The molecule has 1 aromatic rings. The summed E-state index contributed by atoms with van der Waals surface area (Å²) >= 11 is 0. The summed E-state index contributed by atoms with van der Waals surface area (Å²) in [6.45, 7) is 2.90. The van der Waals surface area contributed by atoms with E-state index in [0.29, 0.717) is 18.8 Å². The quantitative estimate of drug-likeness (QED) is 0.606. The van der Waals surface area contributed by atoms with Crippen LogP contribution < -0.4 is 5.59 Å². The van der Waals surface area contributed by atoms with Gasteiger partial charge in [0.2, 0.25) is 0 Å². The Labute approximate surface area is 88.3 Å². The van der Waals surface area contributed by atoms with E-state index in [-0.39, 0.29) is 12.0 Å². The zero-order valence-corrected chi connectivity index (χ0v) is 8.88. The van der Waals surface area contributed by atoms with E-state index in [4.69, 9.17) is 14.4 Å². The molecular weight excluding hydrogens is 197 g/mol. The van der Waals surface area contributed by atoms with Crippen LogP contribution in [0.4, 0.5) is 0 Å². The van der Waals surface area contributed by atoms with Gasteiger partial charge in [0, 0.05) is 31.9 Å². The number of rotatable bonds is 2. The molecule has 0 bridgehead atoms. The van der Waals surface area contributed by atoms with Crippen molar-refractivity contribution < 1.29 is 14.4 Å². The molecule has 1 saturated heterocycles. The highest BCUT2D eigenvalue weighted by molar-refractivity contribution is 6.60. The van der Waals surface area contributed by atoms with Gasteiger partial charge >= 0.3 is 7.12 Å². The first-order valence-electron chi connectivity index (χ1n) is 4.83. The van der Waals surface area contributed by atoms with E-state index in [1.165, 1.54) is 0 Å². The minimum Gasteiger partial charge on any atom is -0.405 e. The Morgan fingerprint density at radius 2 is 2.27 bits per heavy atom. The fourth-order valence-electron chi connectivity index (χ4n) is 1.38. The minimum absolute atomic E-state index is 0.0557. The van der Waals surface area contributed by atoms with Crippen molar-refractivity contribution in [2.24, 2.45) is 12.5 Å². The van der Waals surface area contributed by atoms with Crippen LogP contribution in [0.15, 0.2) is 6.20 Å². The fourth-order valence-corrected chi connectivity index (χ4v) is 1.38. The summed E-state index contributed by atoms with van der Waals surface area (Å²) in [5, 5.41) is 16.8. The fraction of sp³-hybridized carbons (Fsp3) is 0.750. The second kappa shape index (κ2) is 3.92. The van der Waals surface area contributed by atoms with Crippen molar-refractivity contribution in [1.82, 2.24) is 15.0 Å². The highest BCUT2D eigenvalue weighted by Gasteiger charge is 2.37. The molecule has 0 unspecified atom stereocenters. The minimum atomic E-state index is -0.460.